The number of rotatable bonds is 6. The molecule has 0 aromatic rings. The molecule has 0 radical (unpaired) electrons. The van der Waals surface area contributed by atoms with Gasteiger partial charge >= 0.3 is 0 Å². The third-order valence-electron chi connectivity index (χ3n) is 1.85. The highest BCUT2D eigenvalue weighted by Gasteiger charge is 1.96. The van der Waals surface area contributed by atoms with Gasteiger partial charge in [0.2, 0.25) is 0 Å². The fourth-order valence-electron chi connectivity index (χ4n) is 1.31. The van der Waals surface area contributed by atoms with Gasteiger partial charge in [0.25, 0.3) is 0 Å². The Kier molecular flexibility index (Phi) is 6.87. The van der Waals surface area contributed by atoms with E-state index in [4.69, 9.17) is 0 Å². The maximum Gasteiger partial charge on any atom is 0.0400 e. The summed E-state index contributed by atoms with van der Waals surface area (Å²) in [7, 11) is 4.20. The van der Waals surface area contributed by atoms with Gasteiger partial charge in [0.1, 0.15) is 0 Å². The molecular weight excluding hydrogens is 160 g/mol. The Morgan fingerprint density at radius 1 is 1.31 bits per heavy atom. The number of nitrogens with zero attached hydrogens (tertiary/aromatic N) is 2. The molecule has 0 saturated heterocycles. The smallest absolute Gasteiger partial charge is 0.0400 e. The lowest BCUT2D eigenvalue weighted by Crippen LogP contribution is -2.14. The highest BCUT2D eigenvalue weighted by molar-refractivity contribution is 5.81. The van der Waals surface area contributed by atoms with E-state index in [0.717, 1.165) is 25.4 Å². The van der Waals surface area contributed by atoms with Gasteiger partial charge < -0.3 is 4.90 Å². The van der Waals surface area contributed by atoms with Crippen molar-refractivity contribution in [3.05, 3.63) is 0 Å². The quantitative estimate of drug-likeness (QED) is 0.457. The molecular formula is C11H24N2. The summed E-state index contributed by atoms with van der Waals surface area (Å²) in [6.07, 6.45) is 2.31. The van der Waals surface area contributed by atoms with E-state index in [1.165, 1.54) is 12.1 Å². The lowest BCUT2D eigenvalue weighted by molar-refractivity contribution is 0.403. The molecule has 0 aromatic heterocycles. The molecule has 0 heterocycles. The van der Waals surface area contributed by atoms with Crippen LogP contribution in [0.15, 0.2) is 4.99 Å². The second kappa shape index (κ2) is 7.07. The summed E-state index contributed by atoms with van der Waals surface area (Å²) >= 11 is 0. The Bertz CT molecular complexity index is 148. The Hall–Kier alpha value is -0.370. The molecule has 0 aliphatic carbocycles. The van der Waals surface area contributed by atoms with Crippen LogP contribution < -0.4 is 0 Å². The molecule has 0 aromatic carbocycles. The van der Waals surface area contributed by atoms with E-state index in [9.17, 15) is 0 Å². The summed E-state index contributed by atoms with van der Waals surface area (Å²) in [6.45, 7) is 8.72. The zero-order valence-electron chi connectivity index (χ0n) is 9.80. The minimum Gasteiger partial charge on any atom is -0.309 e. The third-order valence-corrected chi connectivity index (χ3v) is 1.85. The van der Waals surface area contributed by atoms with Gasteiger partial charge in [-0.05, 0) is 46.3 Å². The largest absolute Gasteiger partial charge is 0.309 e. The fraction of sp³-hybridized carbons (Fsp3) is 0.909. The molecule has 78 valence electrons. The molecule has 0 aliphatic heterocycles. The first-order valence-electron chi connectivity index (χ1n) is 5.17. The minimum atomic E-state index is 0.734. The first-order chi connectivity index (χ1) is 6.02. The van der Waals surface area contributed by atoms with E-state index >= 15 is 0 Å². The maximum atomic E-state index is 4.53. The molecule has 0 unspecified atom stereocenters. The van der Waals surface area contributed by atoms with Gasteiger partial charge in [0.05, 0.1) is 0 Å². The Morgan fingerprint density at radius 2 is 1.92 bits per heavy atom. The van der Waals surface area contributed by atoms with Crippen LogP contribution in [0.25, 0.3) is 0 Å². The molecule has 0 atom stereocenters. The van der Waals surface area contributed by atoms with Crippen LogP contribution >= 0.6 is 0 Å². The molecule has 0 rings (SSSR count). The van der Waals surface area contributed by atoms with Crippen molar-refractivity contribution in [1.29, 1.82) is 0 Å². The van der Waals surface area contributed by atoms with Crippen LogP contribution in [0.3, 0.4) is 0 Å². The highest BCUT2D eigenvalue weighted by atomic mass is 15.0. The normalized spacial score (nSPS) is 13.0. The van der Waals surface area contributed by atoms with E-state index in [1.807, 2.05) is 0 Å². The van der Waals surface area contributed by atoms with Gasteiger partial charge in [-0.25, -0.2) is 0 Å². The van der Waals surface area contributed by atoms with Crippen LogP contribution in [0, 0.1) is 5.92 Å². The zero-order chi connectivity index (χ0) is 10.3. The van der Waals surface area contributed by atoms with Gasteiger partial charge in [0, 0.05) is 12.3 Å². The first kappa shape index (κ1) is 12.6. The van der Waals surface area contributed by atoms with Gasteiger partial charge in [-0.15, -0.1) is 0 Å². The molecule has 0 aliphatic rings. The molecule has 0 saturated carbocycles. The monoisotopic (exact) mass is 184 g/mol. The standard InChI is InChI=1S/C11H24N2/c1-10(2)9-11(3)12-7-6-8-13(4)5/h10H,6-9H2,1-5H3. The topological polar surface area (TPSA) is 15.6 Å². The van der Waals surface area contributed by atoms with Gasteiger partial charge in [0.15, 0.2) is 0 Å². The van der Waals surface area contributed by atoms with Crippen molar-refractivity contribution >= 4 is 5.71 Å². The molecule has 0 amide bonds. The minimum absolute atomic E-state index is 0.734. The number of aliphatic imine (C=N–C) groups is 1. The summed E-state index contributed by atoms with van der Waals surface area (Å²) in [6, 6.07) is 0. The molecule has 0 bridgehead atoms. The van der Waals surface area contributed by atoms with Crippen molar-refractivity contribution in [2.45, 2.75) is 33.6 Å². The SMILES string of the molecule is CC(CC(C)C)=NCCCN(C)C. The second-order valence-corrected chi connectivity index (χ2v) is 4.37. The van der Waals surface area contributed by atoms with E-state index < -0.39 is 0 Å². The average molecular weight is 184 g/mol. The number of hydrogen-bond acceptors (Lipinski definition) is 2. The summed E-state index contributed by atoms with van der Waals surface area (Å²) in [5.74, 6) is 0.734. The zero-order valence-corrected chi connectivity index (χ0v) is 9.80. The van der Waals surface area contributed by atoms with Crippen LogP contribution in [-0.4, -0.2) is 37.8 Å². The van der Waals surface area contributed by atoms with E-state index in [0.29, 0.717) is 0 Å². The molecule has 0 spiro atoms. The summed E-state index contributed by atoms with van der Waals surface area (Å²) < 4.78 is 0. The lowest BCUT2D eigenvalue weighted by Gasteiger charge is -2.08. The summed E-state index contributed by atoms with van der Waals surface area (Å²) in [5, 5.41) is 0. The fourth-order valence-corrected chi connectivity index (χ4v) is 1.31. The molecule has 0 fully saturated rings. The maximum absolute atomic E-state index is 4.53. The van der Waals surface area contributed by atoms with E-state index in [1.54, 1.807) is 0 Å². The molecule has 13 heavy (non-hydrogen) atoms. The first-order valence-corrected chi connectivity index (χ1v) is 5.17. The summed E-state index contributed by atoms with van der Waals surface area (Å²) in [5.41, 5.74) is 1.30. The van der Waals surface area contributed by atoms with Crippen molar-refractivity contribution in [1.82, 2.24) is 4.90 Å². The Labute approximate surface area is 83.0 Å². The predicted octanol–water partition coefficient (Wildman–Crippen LogP) is 2.45. The second-order valence-electron chi connectivity index (χ2n) is 4.37. The van der Waals surface area contributed by atoms with Crippen molar-refractivity contribution < 1.29 is 0 Å². The van der Waals surface area contributed by atoms with Crippen molar-refractivity contribution in [3.63, 3.8) is 0 Å². The lowest BCUT2D eigenvalue weighted by atomic mass is 10.1. The van der Waals surface area contributed by atoms with Gasteiger partial charge in [-0.3, -0.25) is 4.99 Å². The Morgan fingerprint density at radius 3 is 2.38 bits per heavy atom. The van der Waals surface area contributed by atoms with Gasteiger partial charge in [-0.1, -0.05) is 13.8 Å². The predicted molar refractivity (Wildman–Crippen MR) is 60.6 cm³/mol. The van der Waals surface area contributed by atoms with E-state index in [2.05, 4.69) is 44.8 Å². The number of hydrogen-bond donors (Lipinski definition) is 0. The van der Waals surface area contributed by atoms with Crippen LogP contribution in [0.1, 0.15) is 33.6 Å². The Balaban J connectivity index is 3.47. The van der Waals surface area contributed by atoms with Crippen molar-refractivity contribution in [2.24, 2.45) is 10.9 Å². The summed E-state index contributed by atoms with van der Waals surface area (Å²) in [4.78, 5) is 6.73. The van der Waals surface area contributed by atoms with E-state index in [-0.39, 0.29) is 0 Å². The molecule has 2 nitrogen and oxygen atoms in total. The third kappa shape index (κ3) is 9.54. The van der Waals surface area contributed by atoms with Crippen LogP contribution in [0.4, 0.5) is 0 Å². The van der Waals surface area contributed by atoms with Crippen LogP contribution in [-0.2, 0) is 0 Å². The highest BCUT2D eigenvalue weighted by Crippen LogP contribution is 2.01. The molecule has 2 heteroatoms. The average Bonchev–Trinajstić information content (AvgIpc) is 1.96. The van der Waals surface area contributed by atoms with Crippen LogP contribution in [0.2, 0.25) is 0 Å². The van der Waals surface area contributed by atoms with Gasteiger partial charge in [-0.2, -0.15) is 0 Å². The van der Waals surface area contributed by atoms with Crippen LogP contribution in [0.5, 0.6) is 0 Å². The van der Waals surface area contributed by atoms with Crippen molar-refractivity contribution in [2.75, 3.05) is 27.2 Å². The van der Waals surface area contributed by atoms with Crippen molar-refractivity contribution in [3.8, 4) is 0 Å². The molecule has 0 N–H and O–H groups in total.